The molecule has 0 spiro atoms. The highest BCUT2D eigenvalue weighted by Crippen LogP contribution is 2.41. The van der Waals surface area contributed by atoms with Gasteiger partial charge in [-0.3, -0.25) is 9.59 Å². The number of piperidine rings is 1. The number of carbonyl (C=O) groups excluding carboxylic acids is 1. The van der Waals surface area contributed by atoms with E-state index in [0.29, 0.717) is 30.2 Å². The Balaban J connectivity index is 1.71. The fraction of sp³-hybridized carbons (Fsp3) is 0.619. The second kappa shape index (κ2) is 7.89. The van der Waals surface area contributed by atoms with Crippen LogP contribution < -0.4 is 0 Å². The van der Waals surface area contributed by atoms with E-state index >= 15 is 0 Å². The molecule has 1 N–H and O–H groups in total. The maximum atomic E-state index is 13.6. The van der Waals surface area contributed by atoms with Gasteiger partial charge in [-0.25, -0.2) is 4.98 Å². The lowest BCUT2D eigenvalue weighted by Crippen LogP contribution is -2.44. The molecule has 0 bridgehead atoms. The fourth-order valence-electron chi connectivity index (χ4n) is 4.21. The Labute approximate surface area is 164 Å². The molecule has 1 aliphatic carbocycles. The first kappa shape index (κ1) is 18.9. The van der Waals surface area contributed by atoms with Gasteiger partial charge in [-0.1, -0.05) is 18.5 Å². The quantitative estimate of drug-likeness (QED) is 0.776. The van der Waals surface area contributed by atoms with E-state index < -0.39 is 5.97 Å². The monoisotopic (exact) mass is 385 g/mol. The number of nitrogens with zero attached hydrogens (tertiary/aromatic N) is 3. The minimum absolute atomic E-state index is 0.0283. The number of hydrogen-bond donors (Lipinski definition) is 1. The van der Waals surface area contributed by atoms with Crippen LogP contribution in [0, 0.1) is 0 Å². The number of carbonyl (C=O) groups is 2. The molecule has 150 valence electrons. The standard InChI is InChI=1S/C21H27N3O4/c1-2-5-16-19-15(12-17(13-7-8-13)22-20(19)28-23-16)21(27)24-11-4-3-6-14(24)9-10-18(25)26/h12-14H,2-11H2,1H3,(H,25,26). The van der Waals surface area contributed by atoms with Crippen LogP contribution >= 0.6 is 0 Å². The number of carboxylic acids is 1. The first-order valence-electron chi connectivity index (χ1n) is 10.4. The smallest absolute Gasteiger partial charge is 0.303 e. The molecule has 0 radical (unpaired) electrons. The van der Waals surface area contributed by atoms with Crippen LogP contribution in [0.25, 0.3) is 11.1 Å². The highest BCUT2D eigenvalue weighted by atomic mass is 16.5. The summed E-state index contributed by atoms with van der Waals surface area (Å²) in [5.41, 5.74) is 2.78. The van der Waals surface area contributed by atoms with Crippen molar-refractivity contribution in [3.05, 3.63) is 23.0 Å². The van der Waals surface area contributed by atoms with Gasteiger partial charge in [0.2, 0.25) is 0 Å². The van der Waals surface area contributed by atoms with Crippen LogP contribution in [0.5, 0.6) is 0 Å². The molecule has 1 atom stereocenters. The summed E-state index contributed by atoms with van der Waals surface area (Å²) in [6.45, 7) is 2.74. The van der Waals surface area contributed by atoms with Crippen molar-refractivity contribution >= 4 is 23.0 Å². The third-order valence-electron chi connectivity index (χ3n) is 5.83. The predicted molar refractivity (Wildman–Crippen MR) is 103 cm³/mol. The number of fused-ring (bicyclic) bond motifs is 1. The summed E-state index contributed by atoms with van der Waals surface area (Å²) in [6, 6.07) is 1.90. The SMILES string of the molecule is CCCc1noc2nc(C3CC3)cc(C(=O)N3CCCCC3CCC(=O)O)c12. The minimum Gasteiger partial charge on any atom is -0.481 e. The largest absolute Gasteiger partial charge is 0.481 e. The highest BCUT2D eigenvalue weighted by Gasteiger charge is 2.33. The maximum absolute atomic E-state index is 13.6. The second-order valence-electron chi connectivity index (χ2n) is 8.01. The molecule has 2 aromatic heterocycles. The first-order chi connectivity index (χ1) is 13.6. The third kappa shape index (κ3) is 3.75. The van der Waals surface area contributed by atoms with Crippen LogP contribution in [0.4, 0.5) is 0 Å². The number of hydrogen-bond acceptors (Lipinski definition) is 5. The third-order valence-corrected chi connectivity index (χ3v) is 5.83. The van der Waals surface area contributed by atoms with E-state index in [1.807, 2.05) is 11.0 Å². The van der Waals surface area contributed by atoms with Gasteiger partial charge < -0.3 is 14.5 Å². The van der Waals surface area contributed by atoms with Crippen molar-refractivity contribution in [2.75, 3.05) is 6.54 Å². The van der Waals surface area contributed by atoms with E-state index in [1.54, 1.807) is 0 Å². The average molecular weight is 385 g/mol. The zero-order valence-electron chi connectivity index (χ0n) is 16.3. The molecule has 7 heteroatoms. The van der Waals surface area contributed by atoms with Crippen molar-refractivity contribution in [2.45, 2.75) is 76.7 Å². The molecule has 1 unspecified atom stereocenters. The predicted octanol–water partition coefficient (Wildman–Crippen LogP) is 3.91. The Morgan fingerprint density at radius 1 is 1.29 bits per heavy atom. The van der Waals surface area contributed by atoms with Crippen LogP contribution in [0.15, 0.2) is 10.6 Å². The Bertz CT molecular complexity index is 887. The summed E-state index contributed by atoms with van der Waals surface area (Å²) in [5.74, 6) is -0.450. The second-order valence-corrected chi connectivity index (χ2v) is 8.01. The molecule has 0 aromatic carbocycles. The van der Waals surface area contributed by atoms with Gasteiger partial charge in [0.25, 0.3) is 11.6 Å². The number of likely N-dealkylation sites (tertiary alicyclic amines) is 1. The van der Waals surface area contributed by atoms with Crippen LogP contribution in [-0.4, -0.2) is 44.6 Å². The van der Waals surface area contributed by atoms with E-state index in [-0.39, 0.29) is 18.4 Å². The van der Waals surface area contributed by atoms with Gasteiger partial charge in [-0.2, -0.15) is 0 Å². The molecule has 1 saturated heterocycles. The molecule has 2 aliphatic rings. The molecule has 1 aliphatic heterocycles. The van der Waals surface area contributed by atoms with Crippen molar-refractivity contribution in [3.63, 3.8) is 0 Å². The maximum Gasteiger partial charge on any atom is 0.303 e. The number of carboxylic acid groups (broad SMARTS) is 1. The number of aryl methyl sites for hydroxylation is 1. The van der Waals surface area contributed by atoms with Crippen LogP contribution in [0.2, 0.25) is 0 Å². The summed E-state index contributed by atoms with van der Waals surface area (Å²) in [4.78, 5) is 31.1. The molecule has 3 heterocycles. The summed E-state index contributed by atoms with van der Waals surface area (Å²) < 4.78 is 5.49. The lowest BCUT2D eigenvalue weighted by atomic mass is 9.96. The molecule has 2 aromatic rings. The molecule has 1 amide bonds. The van der Waals surface area contributed by atoms with E-state index in [0.717, 1.165) is 61.7 Å². The molecule has 4 rings (SSSR count). The van der Waals surface area contributed by atoms with Crippen molar-refractivity contribution in [1.82, 2.24) is 15.0 Å². The van der Waals surface area contributed by atoms with Crippen LogP contribution in [-0.2, 0) is 11.2 Å². The van der Waals surface area contributed by atoms with Crippen molar-refractivity contribution < 1.29 is 19.2 Å². The van der Waals surface area contributed by atoms with Gasteiger partial charge in [0, 0.05) is 30.6 Å². The van der Waals surface area contributed by atoms with E-state index in [2.05, 4.69) is 17.1 Å². The fourth-order valence-corrected chi connectivity index (χ4v) is 4.21. The number of aliphatic carboxylic acids is 1. The van der Waals surface area contributed by atoms with Crippen molar-refractivity contribution in [2.24, 2.45) is 0 Å². The summed E-state index contributed by atoms with van der Waals surface area (Å²) >= 11 is 0. The highest BCUT2D eigenvalue weighted by molar-refractivity contribution is 6.06. The van der Waals surface area contributed by atoms with Crippen molar-refractivity contribution in [3.8, 4) is 0 Å². The Hall–Kier alpha value is -2.44. The van der Waals surface area contributed by atoms with E-state index in [4.69, 9.17) is 9.63 Å². The Kier molecular flexibility index (Phi) is 5.33. The average Bonchev–Trinajstić information content (AvgIpc) is 3.47. The van der Waals surface area contributed by atoms with Gasteiger partial charge in [-0.15, -0.1) is 0 Å². The summed E-state index contributed by atoms with van der Waals surface area (Å²) in [6.07, 6.45) is 7.24. The molecule has 2 fully saturated rings. The van der Waals surface area contributed by atoms with Gasteiger partial charge >= 0.3 is 5.97 Å². The van der Waals surface area contributed by atoms with E-state index in [9.17, 15) is 9.59 Å². The topological polar surface area (TPSA) is 96.5 Å². The van der Waals surface area contributed by atoms with Crippen LogP contribution in [0.3, 0.4) is 0 Å². The molecule has 28 heavy (non-hydrogen) atoms. The molecule has 7 nitrogen and oxygen atoms in total. The lowest BCUT2D eigenvalue weighted by Gasteiger charge is -2.36. The summed E-state index contributed by atoms with van der Waals surface area (Å²) in [7, 11) is 0. The molecular formula is C21H27N3O4. The number of amides is 1. The number of rotatable bonds is 7. The zero-order valence-corrected chi connectivity index (χ0v) is 16.3. The van der Waals surface area contributed by atoms with Gasteiger partial charge in [0.05, 0.1) is 16.6 Å². The van der Waals surface area contributed by atoms with Gasteiger partial charge in [0.1, 0.15) is 0 Å². The van der Waals surface area contributed by atoms with Crippen molar-refractivity contribution in [1.29, 1.82) is 0 Å². The van der Waals surface area contributed by atoms with E-state index in [1.165, 1.54) is 0 Å². The first-order valence-corrected chi connectivity index (χ1v) is 10.4. The normalized spacial score (nSPS) is 19.9. The number of aromatic nitrogens is 2. The summed E-state index contributed by atoms with van der Waals surface area (Å²) in [5, 5.41) is 14.0. The zero-order chi connectivity index (χ0) is 19.7. The lowest BCUT2D eigenvalue weighted by molar-refractivity contribution is -0.137. The van der Waals surface area contributed by atoms with Gasteiger partial charge in [0.15, 0.2) is 0 Å². The molecule has 1 saturated carbocycles. The molecular weight excluding hydrogens is 358 g/mol. The van der Waals surface area contributed by atoms with Crippen LogP contribution in [0.1, 0.15) is 86.0 Å². The van der Waals surface area contributed by atoms with Gasteiger partial charge in [-0.05, 0) is 51.0 Å². The minimum atomic E-state index is -0.815. The Morgan fingerprint density at radius 2 is 2.11 bits per heavy atom. The number of pyridine rings is 1. The Morgan fingerprint density at radius 3 is 2.82 bits per heavy atom.